The average Bonchev–Trinajstić information content (AvgIpc) is 2.41. The van der Waals surface area contributed by atoms with Crippen LogP contribution < -0.4 is 0 Å². The highest BCUT2D eigenvalue weighted by molar-refractivity contribution is 7.99. The molecule has 4 nitrogen and oxygen atoms in total. The van der Waals surface area contributed by atoms with Crippen molar-refractivity contribution in [2.24, 2.45) is 0 Å². The van der Waals surface area contributed by atoms with Gasteiger partial charge in [-0.25, -0.2) is 9.78 Å². The zero-order valence-electron chi connectivity index (χ0n) is 9.46. The lowest BCUT2D eigenvalue weighted by Crippen LogP contribution is -2.05. The molecule has 6 heteroatoms. The van der Waals surface area contributed by atoms with Crippen molar-refractivity contribution in [1.29, 1.82) is 0 Å². The van der Waals surface area contributed by atoms with Crippen LogP contribution in [0.25, 0.3) is 0 Å². The van der Waals surface area contributed by atoms with Gasteiger partial charge in [-0.2, -0.15) is 0 Å². The number of esters is 1. The van der Waals surface area contributed by atoms with E-state index < -0.39 is 5.97 Å². The molecule has 0 N–H and O–H groups in total. The van der Waals surface area contributed by atoms with Crippen molar-refractivity contribution in [3.8, 4) is 0 Å². The number of hydrogen-bond donors (Lipinski definition) is 0. The van der Waals surface area contributed by atoms with Crippen LogP contribution in [0.4, 0.5) is 0 Å². The van der Waals surface area contributed by atoms with Crippen molar-refractivity contribution in [3.05, 3.63) is 47.4 Å². The minimum absolute atomic E-state index is 0.191. The lowest BCUT2D eigenvalue weighted by Gasteiger charge is -2.02. The lowest BCUT2D eigenvalue weighted by molar-refractivity contribution is 0.0592. The summed E-state index contributed by atoms with van der Waals surface area (Å²) in [5.74, 6) is -0.499. The van der Waals surface area contributed by atoms with Gasteiger partial charge in [-0.05, 0) is 24.3 Å². The Morgan fingerprint density at radius 2 is 2.00 bits per heavy atom. The molecule has 0 aliphatic rings. The van der Waals surface area contributed by atoms with E-state index in [0.29, 0.717) is 10.0 Å². The second-order valence-electron chi connectivity index (χ2n) is 3.29. The largest absolute Gasteiger partial charge is 0.464 e. The van der Waals surface area contributed by atoms with Gasteiger partial charge in [0.05, 0.1) is 19.5 Å². The maximum atomic E-state index is 11.3. The summed E-state index contributed by atoms with van der Waals surface area (Å²) >= 11 is 7.20. The van der Waals surface area contributed by atoms with Gasteiger partial charge in [0.2, 0.25) is 0 Å². The van der Waals surface area contributed by atoms with Crippen LogP contribution >= 0.6 is 23.4 Å². The van der Waals surface area contributed by atoms with Gasteiger partial charge < -0.3 is 4.74 Å². The van der Waals surface area contributed by atoms with E-state index in [4.69, 9.17) is 11.6 Å². The Labute approximate surface area is 113 Å². The Balaban J connectivity index is 2.19. The van der Waals surface area contributed by atoms with E-state index in [1.807, 2.05) is 12.1 Å². The second-order valence-corrected chi connectivity index (χ2v) is 4.82. The molecule has 0 radical (unpaired) electrons. The molecule has 1 aromatic carbocycles. The van der Waals surface area contributed by atoms with Gasteiger partial charge in [0, 0.05) is 9.92 Å². The molecule has 0 atom stereocenters. The fourth-order valence-electron chi connectivity index (χ4n) is 1.22. The Morgan fingerprint density at radius 1 is 1.28 bits per heavy atom. The summed E-state index contributed by atoms with van der Waals surface area (Å²) in [6.07, 6.45) is 2.96. The third-order valence-corrected chi connectivity index (χ3v) is 3.21. The van der Waals surface area contributed by atoms with Gasteiger partial charge in [-0.3, -0.25) is 4.98 Å². The number of aromatic nitrogens is 2. The minimum atomic E-state index is -0.499. The zero-order chi connectivity index (χ0) is 13.0. The molecule has 18 heavy (non-hydrogen) atoms. The van der Waals surface area contributed by atoms with Gasteiger partial charge in [-0.15, -0.1) is 0 Å². The van der Waals surface area contributed by atoms with E-state index in [1.165, 1.54) is 25.1 Å². The number of carbonyl (C=O) groups is 1. The maximum Gasteiger partial charge on any atom is 0.358 e. The molecule has 0 bridgehead atoms. The van der Waals surface area contributed by atoms with Crippen molar-refractivity contribution in [2.75, 3.05) is 7.11 Å². The van der Waals surface area contributed by atoms with Crippen molar-refractivity contribution in [1.82, 2.24) is 9.97 Å². The third-order valence-electron chi connectivity index (χ3n) is 2.04. The van der Waals surface area contributed by atoms with Crippen LogP contribution in [-0.4, -0.2) is 23.0 Å². The molecule has 0 saturated carbocycles. The van der Waals surface area contributed by atoms with Crippen LogP contribution in [0.1, 0.15) is 10.5 Å². The van der Waals surface area contributed by atoms with E-state index in [2.05, 4.69) is 14.7 Å². The molecule has 2 aromatic rings. The molecule has 0 fully saturated rings. The summed E-state index contributed by atoms with van der Waals surface area (Å²) in [5.41, 5.74) is 0.191. The van der Waals surface area contributed by atoms with Crippen LogP contribution in [0.5, 0.6) is 0 Å². The molecule has 0 aliphatic heterocycles. The SMILES string of the molecule is COC(=O)c1cncc(Sc2ccc(Cl)cc2)n1. The Bertz CT molecular complexity index is 560. The predicted molar refractivity (Wildman–Crippen MR) is 68.9 cm³/mol. The van der Waals surface area contributed by atoms with Crippen molar-refractivity contribution in [3.63, 3.8) is 0 Å². The molecule has 0 unspecified atom stereocenters. The molecular weight excluding hydrogens is 272 g/mol. The first kappa shape index (κ1) is 12.9. The van der Waals surface area contributed by atoms with E-state index >= 15 is 0 Å². The van der Waals surface area contributed by atoms with E-state index in [9.17, 15) is 4.79 Å². The van der Waals surface area contributed by atoms with Crippen molar-refractivity contribution < 1.29 is 9.53 Å². The summed E-state index contributed by atoms with van der Waals surface area (Å²) in [7, 11) is 1.31. The molecule has 0 spiro atoms. The molecule has 92 valence electrons. The highest BCUT2D eigenvalue weighted by Crippen LogP contribution is 2.26. The number of nitrogens with zero attached hydrogens (tertiary/aromatic N) is 2. The predicted octanol–water partition coefficient (Wildman–Crippen LogP) is 3.07. The fourth-order valence-corrected chi connectivity index (χ4v) is 2.12. The third kappa shape index (κ3) is 3.21. The summed E-state index contributed by atoms with van der Waals surface area (Å²) in [6.45, 7) is 0. The standard InChI is InChI=1S/C12H9ClN2O2S/c1-17-12(16)10-6-14-7-11(15-10)18-9-4-2-8(13)3-5-9/h2-7H,1H3. The summed E-state index contributed by atoms with van der Waals surface area (Å²) in [4.78, 5) is 20.4. The normalized spacial score (nSPS) is 10.1. The van der Waals surface area contributed by atoms with Crippen molar-refractivity contribution in [2.45, 2.75) is 9.92 Å². The van der Waals surface area contributed by atoms with Gasteiger partial charge in [0.1, 0.15) is 5.03 Å². The van der Waals surface area contributed by atoms with Crippen LogP contribution in [-0.2, 0) is 4.74 Å². The van der Waals surface area contributed by atoms with Gasteiger partial charge in [-0.1, -0.05) is 23.4 Å². The minimum Gasteiger partial charge on any atom is -0.464 e. The first-order chi connectivity index (χ1) is 8.69. The van der Waals surface area contributed by atoms with Crippen LogP contribution in [0.3, 0.4) is 0 Å². The van der Waals surface area contributed by atoms with Gasteiger partial charge in [0.25, 0.3) is 0 Å². The van der Waals surface area contributed by atoms with E-state index in [-0.39, 0.29) is 5.69 Å². The summed E-state index contributed by atoms with van der Waals surface area (Å²) in [5, 5.41) is 1.30. The maximum absolute atomic E-state index is 11.3. The Hall–Kier alpha value is -1.59. The topological polar surface area (TPSA) is 52.1 Å². The van der Waals surface area contributed by atoms with Crippen molar-refractivity contribution >= 4 is 29.3 Å². The second kappa shape index (κ2) is 5.84. The molecular formula is C12H9ClN2O2S. The Kier molecular flexibility index (Phi) is 4.17. The molecule has 0 aliphatic carbocycles. The lowest BCUT2D eigenvalue weighted by atomic mass is 10.4. The highest BCUT2D eigenvalue weighted by Gasteiger charge is 2.09. The molecule has 2 rings (SSSR count). The molecule has 1 heterocycles. The molecule has 0 amide bonds. The first-order valence-electron chi connectivity index (χ1n) is 5.03. The van der Waals surface area contributed by atoms with E-state index in [1.54, 1.807) is 18.3 Å². The highest BCUT2D eigenvalue weighted by atomic mass is 35.5. The number of methoxy groups -OCH3 is 1. The average molecular weight is 281 g/mol. The number of halogens is 1. The first-order valence-corrected chi connectivity index (χ1v) is 6.22. The van der Waals surface area contributed by atoms with Crippen LogP contribution in [0, 0.1) is 0 Å². The fraction of sp³-hybridized carbons (Fsp3) is 0.0833. The Morgan fingerprint density at radius 3 is 2.67 bits per heavy atom. The van der Waals surface area contributed by atoms with Gasteiger partial charge in [0.15, 0.2) is 5.69 Å². The zero-order valence-corrected chi connectivity index (χ0v) is 11.0. The number of ether oxygens (including phenoxy) is 1. The number of carbonyl (C=O) groups excluding carboxylic acids is 1. The summed E-state index contributed by atoms with van der Waals surface area (Å²) < 4.78 is 4.59. The van der Waals surface area contributed by atoms with Gasteiger partial charge >= 0.3 is 5.97 Å². The molecule has 1 aromatic heterocycles. The smallest absolute Gasteiger partial charge is 0.358 e. The number of hydrogen-bond acceptors (Lipinski definition) is 5. The number of rotatable bonds is 3. The monoisotopic (exact) mass is 280 g/mol. The quantitative estimate of drug-likeness (QED) is 0.809. The summed E-state index contributed by atoms with van der Waals surface area (Å²) in [6, 6.07) is 7.34. The van der Waals surface area contributed by atoms with E-state index in [0.717, 1.165) is 4.90 Å². The van der Waals surface area contributed by atoms with Crippen LogP contribution in [0.2, 0.25) is 5.02 Å². The number of benzene rings is 1. The van der Waals surface area contributed by atoms with Crippen LogP contribution in [0.15, 0.2) is 46.6 Å². The molecule has 0 saturated heterocycles.